The first-order valence-corrected chi connectivity index (χ1v) is 11.1. The van der Waals surface area contributed by atoms with Gasteiger partial charge in [-0.15, -0.1) is 0 Å². The van der Waals surface area contributed by atoms with E-state index in [-0.39, 0.29) is 5.75 Å². The summed E-state index contributed by atoms with van der Waals surface area (Å²) < 4.78 is 34.4. The van der Waals surface area contributed by atoms with Crippen molar-refractivity contribution in [2.24, 2.45) is 0 Å². The lowest BCUT2D eigenvalue weighted by molar-refractivity contribution is -0.133. The van der Waals surface area contributed by atoms with E-state index in [4.69, 9.17) is 4.74 Å². The Balaban J connectivity index is 1.35. The van der Waals surface area contributed by atoms with E-state index in [2.05, 4.69) is 20.3 Å². The van der Waals surface area contributed by atoms with E-state index in [0.29, 0.717) is 24.5 Å². The molecule has 35 heavy (non-hydrogen) atoms. The fraction of sp³-hybridized carbons (Fsp3) is 0.375. The molecule has 0 radical (unpaired) electrons. The average molecular weight is 488 g/mol. The zero-order valence-corrected chi connectivity index (χ0v) is 19.1. The Morgan fingerprint density at radius 3 is 2.40 bits per heavy atom. The Morgan fingerprint density at radius 2 is 1.77 bits per heavy atom. The molecular weight excluding hydrogens is 462 g/mol. The number of amides is 4. The Hall–Kier alpha value is -3.57. The summed E-state index contributed by atoms with van der Waals surface area (Å²) >= 11 is 0. The number of benzene rings is 2. The molecule has 11 heteroatoms. The van der Waals surface area contributed by atoms with Gasteiger partial charge >= 0.3 is 12.6 Å². The minimum atomic E-state index is -2.97. The van der Waals surface area contributed by atoms with Crippen molar-refractivity contribution < 1.29 is 32.6 Å². The zero-order chi connectivity index (χ0) is 25.0. The Bertz CT molecular complexity index is 1070. The average Bonchev–Trinajstić information content (AvgIpc) is 3.05. The summed E-state index contributed by atoms with van der Waals surface area (Å²) in [4.78, 5) is 41.2. The number of imide groups is 1. The summed E-state index contributed by atoms with van der Waals surface area (Å²) in [6.07, 6.45) is 0. The van der Waals surface area contributed by atoms with Crippen molar-refractivity contribution in [3.8, 4) is 5.75 Å². The van der Waals surface area contributed by atoms with E-state index in [1.165, 1.54) is 31.2 Å². The number of halogens is 2. The van der Waals surface area contributed by atoms with Gasteiger partial charge in [-0.1, -0.05) is 24.3 Å². The molecule has 2 aromatic rings. The van der Waals surface area contributed by atoms with Crippen LogP contribution in [-0.2, 0) is 26.4 Å². The van der Waals surface area contributed by atoms with Crippen molar-refractivity contribution in [3.63, 3.8) is 0 Å². The highest BCUT2D eigenvalue weighted by Gasteiger charge is 2.49. The third kappa shape index (κ3) is 5.75. The van der Waals surface area contributed by atoms with Gasteiger partial charge in [-0.25, -0.2) is 4.79 Å². The van der Waals surface area contributed by atoms with Crippen LogP contribution >= 0.6 is 0 Å². The van der Waals surface area contributed by atoms with Crippen molar-refractivity contribution in [2.45, 2.75) is 25.6 Å². The van der Waals surface area contributed by atoms with Crippen molar-refractivity contribution in [1.29, 1.82) is 0 Å². The SMILES string of the molecule is CC1(c2ccc(OC(F)F)cc2)NC(=O)N(CC(=O)Nc2ccc(CN3CCOCC3)cc2)C1=O. The summed E-state index contributed by atoms with van der Waals surface area (Å²) in [5, 5.41) is 5.28. The lowest BCUT2D eigenvalue weighted by Gasteiger charge is -2.26. The topological polar surface area (TPSA) is 100 Å². The number of alkyl halides is 2. The van der Waals surface area contributed by atoms with Gasteiger partial charge in [0.1, 0.15) is 17.8 Å². The molecule has 2 fully saturated rings. The molecule has 0 bridgehead atoms. The predicted octanol–water partition coefficient (Wildman–Crippen LogP) is 2.53. The number of nitrogens with zero attached hydrogens (tertiary/aromatic N) is 2. The van der Waals surface area contributed by atoms with Crippen LogP contribution in [0.25, 0.3) is 0 Å². The Kier molecular flexibility index (Phi) is 7.27. The minimum absolute atomic E-state index is 0.0729. The fourth-order valence-electron chi connectivity index (χ4n) is 4.06. The molecule has 0 aliphatic carbocycles. The van der Waals surface area contributed by atoms with Gasteiger partial charge in [-0.3, -0.25) is 19.4 Å². The van der Waals surface area contributed by atoms with Crippen LogP contribution < -0.4 is 15.4 Å². The minimum Gasteiger partial charge on any atom is -0.435 e. The first kappa shape index (κ1) is 24.6. The number of carbonyl (C=O) groups is 3. The molecule has 4 rings (SSSR count). The van der Waals surface area contributed by atoms with Crippen molar-refractivity contribution in [1.82, 2.24) is 15.1 Å². The molecule has 0 saturated carbocycles. The molecule has 1 unspecified atom stereocenters. The van der Waals surface area contributed by atoms with Crippen LogP contribution in [0.5, 0.6) is 5.75 Å². The number of anilines is 1. The number of carbonyl (C=O) groups excluding carboxylic acids is 3. The molecule has 2 aromatic carbocycles. The molecule has 9 nitrogen and oxygen atoms in total. The van der Waals surface area contributed by atoms with Crippen molar-refractivity contribution in [3.05, 3.63) is 59.7 Å². The molecule has 2 heterocycles. The predicted molar refractivity (Wildman–Crippen MR) is 122 cm³/mol. The van der Waals surface area contributed by atoms with E-state index >= 15 is 0 Å². The molecule has 4 amide bonds. The van der Waals surface area contributed by atoms with Crippen LogP contribution in [0.3, 0.4) is 0 Å². The van der Waals surface area contributed by atoms with Gasteiger partial charge in [0.25, 0.3) is 5.91 Å². The third-order valence-corrected chi connectivity index (χ3v) is 5.98. The summed E-state index contributed by atoms with van der Waals surface area (Å²) in [5.74, 6) is -1.23. The van der Waals surface area contributed by atoms with Gasteiger partial charge in [0.15, 0.2) is 0 Å². The van der Waals surface area contributed by atoms with E-state index in [1.807, 2.05) is 12.1 Å². The first-order chi connectivity index (χ1) is 16.7. The number of morpholine rings is 1. The van der Waals surface area contributed by atoms with Gasteiger partial charge in [-0.2, -0.15) is 8.78 Å². The Morgan fingerprint density at radius 1 is 1.11 bits per heavy atom. The van der Waals surface area contributed by atoms with Crippen molar-refractivity contribution in [2.75, 3.05) is 38.2 Å². The molecule has 0 spiro atoms. The maximum Gasteiger partial charge on any atom is 0.387 e. The van der Waals surface area contributed by atoms with Crippen LogP contribution in [0.15, 0.2) is 48.5 Å². The summed E-state index contributed by atoms with van der Waals surface area (Å²) in [5.41, 5.74) is 0.572. The van der Waals surface area contributed by atoms with E-state index < -0.39 is 36.5 Å². The number of nitrogens with one attached hydrogen (secondary N) is 2. The van der Waals surface area contributed by atoms with Gasteiger partial charge in [0, 0.05) is 25.3 Å². The van der Waals surface area contributed by atoms with Gasteiger partial charge < -0.3 is 20.1 Å². The van der Waals surface area contributed by atoms with Crippen LogP contribution in [0, 0.1) is 0 Å². The van der Waals surface area contributed by atoms with E-state index in [1.54, 1.807) is 12.1 Å². The molecular formula is C24H26F2N4O5. The highest BCUT2D eigenvalue weighted by molar-refractivity contribution is 6.10. The molecule has 186 valence electrons. The highest BCUT2D eigenvalue weighted by atomic mass is 19.3. The first-order valence-electron chi connectivity index (χ1n) is 11.1. The number of hydrogen-bond donors (Lipinski definition) is 2. The summed E-state index contributed by atoms with van der Waals surface area (Å²) in [6.45, 7) is 2.01. The lowest BCUT2D eigenvalue weighted by Crippen LogP contribution is -2.42. The summed E-state index contributed by atoms with van der Waals surface area (Å²) in [7, 11) is 0. The van der Waals surface area contributed by atoms with Crippen molar-refractivity contribution >= 4 is 23.5 Å². The number of hydrogen-bond acceptors (Lipinski definition) is 6. The standard InChI is InChI=1S/C24H26F2N4O5/c1-24(17-4-8-19(9-5-17)35-22(25)26)21(32)30(23(33)28-24)15-20(31)27-18-6-2-16(3-7-18)14-29-10-12-34-13-11-29/h2-9,22H,10-15H2,1H3,(H,27,31)(H,28,33). The van der Waals surface area contributed by atoms with E-state index in [9.17, 15) is 23.2 Å². The Labute approximate surface area is 201 Å². The molecule has 0 aromatic heterocycles. The smallest absolute Gasteiger partial charge is 0.387 e. The molecule has 2 saturated heterocycles. The van der Waals surface area contributed by atoms with Crippen LogP contribution in [0.2, 0.25) is 0 Å². The van der Waals surface area contributed by atoms with E-state index in [0.717, 1.165) is 30.1 Å². The highest BCUT2D eigenvalue weighted by Crippen LogP contribution is 2.30. The monoisotopic (exact) mass is 488 g/mol. The number of ether oxygens (including phenoxy) is 2. The quantitative estimate of drug-likeness (QED) is 0.554. The maximum atomic E-state index is 13.0. The third-order valence-electron chi connectivity index (χ3n) is 5.98. The normalized spacial score (nSPS) is 20.7. The molecule has 1 atom stereocenters. The number of rotatable bonds is 8. The second-order valence-electron chi connectivity index (χ2n) is 8.48. The lowest BCUT2D eigenvalue weighted by atomic mass is 9.92. The second kappa shape index (κ2) is 10.4. The molecule has 2 aliphatic rings. The second-order valence-corrected chi connectivity index (χ2v) is 8.48. The largest absolute Gasteiger partial charge is 0.435 e. The van der Waals surface area contributed by atoms with Crippen LogP contribution in [-0.4, -0.2) is 67.1 Å². The maximum absolute atomic E-state index is 13.0. The van der Waals surface area contributed by atoms with Gasteiger partial charge in [0.2, 0.25) is 5.91 Å². The molecule has 2 aliphatic heterocycles. The van der Waals surface area contributed by atoms with Crippen LogP contribution in [0.1, 0.15) is 18.1 Å². The fourth-order valence-corrected chi connectivity index (χ4v) is 4.06. The molecule has 2 N–H and O–H groups in total. The number of urea groups is 1. The van der Waals surface area contributed by atoms with Gasteiger partial charge in [-0.05, 0) is 42.3 Å². The summed E-state index contributed by atoms with van der Waals surface area (Å²) in [6, 6.07) is 12.0. The zero-order valence-electron chi connectivity index (χ0n) is 19.1. The van der Waals surface area contributed by atoms with Crippen LogP contribution in [0.4, 0.5) is 19.3 Å². The van der Waals surface area contributed by atoms with Gasteiger partial charge in [0.05, 0.1) is 13.2 Å².